The van der Waals surface area contributed by atoms with Crippen molar-refractivity contribution in [1.29, 1.82) is 0 Å². The minimum atomic E-state index is -0.235. The fourth-order valence-corrected chi connectivity index (χ4v) is 4.67. The Morgan fingerprint density at radius 2 is 1.93 bits per heavy atom. The van der Waals surface area contributed by atoms with Crippen molar-refractivity contribution < 1.29 is 9.53 Å². The maximum absolute atomic E-state index is 13.4. The first kappa shape index (κ1) is 19.8. The zero-order valence-electron chi connectivity index (χ0n) is 17.4. The molecule has 0 bridgehead atoms. The highest BCUT2D eigenvalue weighted by atomic mass is 16.5. The molecule has 6 nitrogen and oxygen atoms in total. The van der Waals surface area contributed by atoms with Crippen molar-refractivity contribution in [2.75, 3.05) is 26.7 Å². The van der Waals surface area contributed by atoms with Crippen LogP contribution in [0.2, 0.25) is 0 Å². The van der Waals surface area contributed by atoms with Crippen LogP contribution >= 0.6 is 0 Å². The van der Waals surface area contributed by atoms with E-state index in [1.165, 1.54) is 0 Å². The van der Waals surface area contributed by atoms with E-state index in [0.29, 0.717) is 12.5 Å². The molecular weight excluding hydrogens is 364 g/mol. The van der Waals surface area contributed by atoms with Crippen LogP contribution in [0.5, 0.6) is 5.75 Å². The lowest BCUT2D eigenvalue weighted by molar-refractivity contribution is -0.146. The fraction of sp³-hybridized carbons (Fsp3) is 0.522. The van der Waals surface area contributed by atoms with Crippen molar-refractivity contribution >= 4 is 5.91 Å². The molecule has 2 aromatic rings. The van der Waals surface area contributed by atoms with Crippen LogP contribution in [0.4, 0.5) is 0 Å². The Balaban J connectivity index is 1.41. The van der Waals surface area contributed by atoms with E-state index in [4.69, 9.17) is 4.74 Å². The summed E-state index contributed by atoms with van der Waals surface area (Å²) in [5, 5.41) is 0. The van der Waals surface area contributed by atoms with E-state index < -0.39 is 0 Å². The summed E-state index contributed by atoms with van der Waals surface area (Å²) in [6.07, 6.45) is 7.70. The zero-order chi connectivity index (χ0) is 20.3. The number of benzene rings is 1. The van der Waals surface area contributed by atoms with E-state index >= 15 is 0 Å². The molecule has 0 saturated carbocycles. The largest absolute Gasteiger partial charge is 0.497 e. The lowest BCUT2D eigenvalue weighted by atomic mass is 9.78. The Labute approximate surface area is 172 Å². The molecular formula is C23H30N4O2. The molecule has 1 spiro atoms. The Morgan fingerprint density at radius 3 is 2.69 bits per heavy atom. The monoisotopic (exact) mass is 394 g/mol. The lowest BCUT2D eigenvalue weighted by Gasteiger charge is -2.39. The maximum Gasteiger partial charge on any atom is 0.230 e. The molecule has 6 heteroatoms. The first-order valence-corrected chi connectivity index (χ1v) is 10.6. The predicted molar refractivity (Wildman–Crippen MR) is 111 cm³/mol. The van der Waals surface area contributed by atoms with E-state index in [1.54, 1.807) is 7.11 Å². The van der Waals surface area contributed by atoms with Crippen LogP contribution < -0.4 is 4.74 Å². The Bertz CT molecular complexity index is 854. The number of ether oxygens (including phenoxy) is 1. The highest BCUT2D eigenvalue weighted by Crippen LogP contribution is 2.41. The molecule has 1 atom stereocenters. The van der Waals surface area contributed by atoms with Gasteiger partial charge in [-0.05, 0) is 43.5 Å². The normalized spacial score (nSPS) is 22.4. The van der Waals surface area contributed by atoms with Gasteiger partial charge in [0.2, 0.25) is 5.91 Å². The second kappa shape index (κ2) is 8.49. The molecule has 2 aliphatic heterocycles. The van der Waals surface area contributed by atoms with Gasteiger partial charge in [-0.3, -0.25) is 9.69 Å². The van der Waals surface area contributed by atoms with E-state index in [9.17, 15) is 4.79 Å². The van der Waals surface area contributed by atoms with Gasteiger partial charge in [0.15, 0.2) is 0 Å². The van der Waals surface area contributed by atoms with Crippen molar-refractivity contribution in [1.82, 2.24) is 19.8 Å². The summed E-state index contributed by atoms with van der Waals surface area (Å²) in [4.78, 5) is 26.7. The van der Waals surface area contributed by atoms with Gasteiger partial charge in [0.1, 0.15) is 11.6 Å². The fourth-order valence-electron chi connectivity index (χ4n) is 4.67. The number of aromatic nitrogens is 2. The highest BCUT2D eigenvalue weighted by Gasteiger charge is 2.48. The Morgan fingerprint density at radius 1 is 1.10 bits per heavy atom. The van der Waals surface area contributed by atoms with Gasteiger partial charge in [-0.2, -0.15) is 0 Å². The summed E-state index contributed by atoms with van der Waals surface area (Å²) >= 11 is 0. The number of methoxy groups -OCH3 is 1. The van der Waals surface area contributed by atoms with Crippen LogP contribution in [0.1, 0.15) is 43.1 Å². The van der Waals surface area contributed by atoms with Gasteiger partial charge in [0.05, 0.1) is 12.5 Å². The van der Waals surface area contributed by atoms with Crippen LogP contribution in [0.25, 0.3) is 0 Å². The Kier molecular flexibility index (Phi) is 5.81. The second-order valence-electron chi connectivity index (χ2n) is 8.28. The summed E-state index contributed by atoms with van der Waals surface area (Å²) in [5.41, 5.74) is 2.01. The third-order valence-corrected chi connectivity index (χ3v) is 6.25. The quantitative estimate of drug-likeness (QED) is 0.754. The Hall–Kier alpha value is -2.47. The van der Waals surface area contributed by atoms with Crippen molar-refractivity contribution in [2.24, 2.45) is 5.41 Å². The number of piperidine rings is 1. The van der Waals surface area contributed by atoms with E-state index in [1.807, 2.05) is 35.5 Å². The average molecular weight is 395 g/mol. The summed E-state index contributed by atoms with van der Waals surface area (Å²) in [7, 11) is 1.67. The molecule has 2 aliphatic rings. The molecule has 2 saturated heterocycles. The van der Waals surface area contributed by atoms with Gasteiger partial charge in [0.25, 0.3) is 0 Å². The third kappa shape index (κ3) is 4.27. The molecule has 0 aliphatic carbocycles. The van der Waals surface area contributed by atoms with Crippen molar-refractivity contribution in [3.63, 3.8) is 0 Å². The molecule has 2 fully saturated rings. The number of nitrogens with zero attached hydrogens (tertiary/aromatic N) is 4. The van der Waals surface area contributed by atoms with Crippen LogP contribution in [0.15, 0.2) is 36.7 Å². The predicted octanol–water partition coefficient (Wildman–Crippen LogP) is 3.06. The topological polar surface area (TPSA) is 58.6 Å². The number of amides is 1. The number of aryl methyl sites for hydroxylation is 1. The van der Waals surface area contributed by atoms with E-state index in [0.717, 1.165) is 74.6 Å². The lowest BCUT2D eigenvalue weighted by Crippen LogP contribution is -2.49. The van der Waals surface area contributed by atoms with Crippen LogP contribution in [0.3, 0.4) is 0 Å². The minimum Gasteiger partial charge on any atom is -0.497 e. The molecule has 0 radical (unpaired) electrons. The minimum absolute atomic E-state index is 0.235. The van der Waals surface area contributed by atoms with Crippen molar-refractivity contribution in [3.8, 4) is 5.75 Å². The van der Waals surface area contributed by atoms with Gasteiger partial charge in [0, 0.05) is 50.6 Å². The smallest absolute Gasteiger partial charge is 0.230 e. The molecule has 1 aromatic carbocycles. The molecule has 0 N–H and O–H groups in total. The maximum atomic E-state index is 13.4. The first-order chi connectivity index (χ1) is 14.1. The van der Waals surface area contributed by atoms with Gasteiger partial charge >= 0.3 is 0 Å². The number of carbonyl (C=O) groups is 1. The highest BCUT2D eigenvalue weighted by molar-refractivity contribution is 5.84. The van der Waals surface area contributed by atoms with E-state index in [2.05, 4.69) is 27.9 Å². The summed E-state index contributed by atoms with van der Waals surface area (Å²) in [5.74, 6) is 2.03. The third-order valence-electron chi connectivity index (χ3n) is 6.25. The first-order valence-electron chi connectivity index (χ1n) is 10.6. The van der Waals surface area contributed by atoms with Crippen LogP contribution in [-0.2, 0) is 24.3 Å². The summed E-state index contributed by atoms with van der Waals surface area (Å²) < 4.78 is 5.33. The van der Waals surface area contributed by atoms with Gasteiger partial charge < -0.3 is 9.64 Å². The SMILES string of the molecule is CCc1ncc(CN2CCC3(CCCN(Cc4cccc(OC)c4)C3=O)C2)cn1. The summed E-state index contributed by atoms with van der Waals surface area (Å²) in [6, 6.07) is 8.02. The molecule has 1 aromatic heterocycles. The van der Waals surface area contributed by atoms with Gasteiger partial charge in [-0.25, -0.2) is 9.97 Å². The summed E-state index contributed by atoms with van der Waals surface area (Å²) in [6.45, 7) is 6.15. The molecule has 29 heavy (non-hydrogen) atoms. The molecule has 4 rings (SSSR count). The van der Waals surface area contributed by atoms with Crippen molar-refractivity contribution in [3.05, 3.63) is 53.6 Å². The van der Waals surface area contributed by atoms with Crippen LogP contribution in [0, 0.1) is 5.41 Å². The van der Waals surface area contributed by atoms with Crippen LogP contribution in [-0.4, -0.2) is 52.4 Å². The van der Waals surface area contributed by atoms with E-state index in [-0.39, 0.29) is 5.41 Å². The molecule has 154 valence electrons. The zero-order valence-corrected chi connectivity index (χ0v) is 17.4. The number of hydrogen-bond acceptors (Lipinski definition) is 5. The second-order valence-corrected chi connectivity index (χ2v) is 8.28. The molecule has 1 unspecified atom stereocenters. The average Bonchev–Trinajstić information content (AvgIpc) is 3.15. The number of likely N-dealkylation sites (tertiary alicyclic amines) is 2. The van der Waals surface area contributed by atoms with Crippen molar-refractivity contribution in [2.45, 2.75) is 45.7 Å². The molecule has 3 heterocycles. The number of carbonyl (C=O) groups excluding carboxylic acids is 1. The molecule has 1 amide bonds. The number of hydrogen-bond donors (Lipinski definition) is 0. The van der Waals surface area contributed by atoms with Gasteiger partial charge in [-0.15, -0.1) is 0 Å². The van der Waals surface area contributed by atoms with Gasteiger partial charge in [-0.1, -0.05) is 19.1 Å². The number of rotatable bonds is 6. The standard InChI is InChI=1S/C23H30N4O2/c1-3-21-24-13-19(14-25-21)15-26-11-9-23(17-26)8-5-10-27(22(23)28)16-18-6-4-7-20(12-18)29-2/h4,6-7,12-14H,3,5,8-11,15-17H2,1-2H3.